The van der Waals surface area contributed by atoms with Crippen molar-refractivity contribution in [3.63, 3.8) is 0 Å². The van der Waals surface area contributed by atoms with Gasteiger partial charge in [0.15, 0.2) is 11.6 Å². The van der Waals surface area contributed by atoms with Crippen LogP contribution in [0.15, 0.2) is 19.0 Å². The zero-order chi connectivity index (χ0) is 7.68. The van der Waals surface area contributed by atoms with E-state index in [-0.39, 0.29) is 0 Å². The molecular weight excluding hydrogens is 140 g/mol. The summed E-state index contributed by atoms with van der Waals surface area (Å²) in [5.41, 5.74) is 0. The molecular formula is C8H10N2O. The number of fused-ring (bicyclic) bond motifs is 1. The van der Waals surface area contributed by atoms with Gasteiger partial charge < -0.3 is 9.30 Å². The zero-order valence-corrected chi connectivity index (χ0v) is 6.29. The molecule has 1 aromatic rings. The average molecular weight is 150 g/mol. The van der Waals surface area contributed by atoms with E-state index < -0.39 is 0 Å². The third kappa shape index (κ3) is 1.02. The molecule has 2 rings (SSSR count). The van der Waals surface area contributed by atoms with Gasteiger partial charge in [-0.25, -0.2) is 4.98 Å². The van der Waals surface area contributed by atoms with Gasteiger partial charge in [-0.2, -0.15) is 0 Å². The fourth-order valence-electron chi connectivity index (χ4n) is 1.24. The van der Waals surface area contributed by atoms with Crippen LogP contribution in [0.1, 0.15) is 12.2 Å². The number of ether oxygens (including phenoxy) is 1. The second-order valence-electron chi connectivity index (χ2n) is 2.57. The minimum atomic E-state index is 0.688. The van der Waals surface area contributed by atoms with Gasteiger partial charge >= 0.3 is 0 Å². The maximum atomic E-state index is 5.31. The molecule has 0 radical (unpaired) electrons. The quantitative estimate of drug-likeness (QED) is 0.557. The first-order chi connectivity index (χ1) is 5.38. The summed E-state index contributed by atoms with van der Waals surface area (Å²) in [4.78, 5) is 4.14. The lowest BCUT2D eigenvalue weighted by molar-refractivity contribution is 0.276. The predicted molar refractivity (Wildman–Crippen MR) is 41.8 cm³/mol. The maximum Gasteiger partial charge on any atom is 0.174 e. The van der Waals surface area contributed by atoms with Crippen LogP contribution in [0.25, 0.3) is 5.76 Å². The van der Waals surface area contributed by atoms with E-state index >= 15 is 0 Å². The van der Waals surface area contributed by atoms with Gasteiger partial charge in [0.2, 0.25) is 0 Å². The summed E-state index contributed by atoms with van der Waals surface area (Å²) in [6, 6.07) is 0. The fraction of sp³-hybridized carbons (Fsp3) is 0.375. The maximum absolute atomic E-state index is 5.31. The van der Waals surface area contributed by atoms with Crippen LogP contribution in [0.5, 0.6) is 0 Å². The molecule has 0 saturated carbocycles. The summed E-state index contributed by atoms with van der Waals surface area (Å²) in [6.45, 7) is 5.51. The van der Waals surface area contributed by atoms with E-state index in [1.165, 1.54) is 0 Å². The van der Waals surface area contributed by atoms with Crippen molar-refractivity contribution >= 4 is 5.76 Å². The van der Waals surface area contributed by atoms with Crippen molar-refractivity contribution in [3.05, 3.63) is 24.8 Å². The second-order valence-corrected chi connectivity index (χ2v) is 2.57. The molecule has 3 heteroatoms. The van der Waals surface area contributed by atoms with Gasteiger partial charge in [-0.3, -0.25) is 0 Å². The summed E-state index contributed by atoms with van der Waals surface area (Å²) in [5.74, 6) is 1.55. The molecule has 2 heterocycles. The van der Waals surface area contributed by atoms with Gasteiger partial charge in [-0.05, 0) is 6.42 Å². The highest BCUT2D eigenvalue weighted by Gasteiger charge is 2.10. The van der Waals surface area contributed by atoms with E-state index in [1.54, 1.807) is 6.20 Å². The highest BCUT2D eigenvalue weighted by Crippen LogP contribution is 2.15. The lowest BCUT2D eigenvalue weighted by Crippen LogP contribution is -1.98. The lowest BCUT2D eigenvalue weighted by Gasteiger charge is -2.01. The standard InChI is InChI=1S/C8H10N2O/c1-7-8-9-3-5-10(8)4-2-6-11-7/h3,5H,1-2,4,6H2. The smallest absolute Gasteiger partial charge is 0.174 e. The lowest BCUT2D eigenvalue weighted by atomic mass is 10.4. The Morgan fingerprint density at radius 2 is 2.55 bits per heavy atom. The van der Waals surface area contributed by atoms with E-state index in [9.17, 15) is 0 Å². The van der Waals surface area contributed by atoms with Crippen molar-refractivity contribution in [1.82, 2.24) is 9.55 Å². The minimum absolute atomic E-state index is 0.688. The van der Waals surface area contributed by atoms with E-state index in [0.717, 1.165) is 25.4 Å². The third-order valence-corrected chi connectivity index (χ3v) is 1.78. The number of hydrogen-bond donors (Lipinski definition) is 0. The van der Waals surface area contributed by atoms with Crippen LogP contribution in [0.4, 0.5) is 0 Å². The summed E-state index contributed by atoms with van der Waals surface area (Å²) < 4.78 is 7.37. The largest absolute Gasteiger partial charge is 0.490 e. The average Bonchev–Trinajstić information content (AvgIpc) is 2.40. The number of aryl methyl sites for hydroxylation is 1. The van der Waals surface area contributed by atoms with Crippen molar-refractivity contribution < 1.29 is 4.74 Å². The van der Waals surface area contributed by atoms with Gasteiger partial charge in [0.25, 0.3) is 0 Å². The first kappa shape index (κ1) is 6.46. The molecule has 1 aliphatic rings. The zero-order valence-electron chi connectivity index (χ0n) is 6.29. The molecule has 1 aliphatic heterocycles. The van der Waals surface area contributed by atoms with Crippen LogP contribution in [0, 0.1) is 0 Å². The van der Waals surface area contributed by atoms with Crippen molar-refractivity contribution in [2.45, 2.75) is 13.0 Å². The monoisotopic (exact) mass is 150 g/mol. The molecule has 0 aromatic carbocycles. The molecule has 0 amide bonds. The Hall–Kier alpha value is -1.25. The van der Waals surface area contributed by atoms with E-state index in [0.29, 0.717) is 5.76 Å². The van der Waals surface area contributed by atoms with Crippen LogP contribution in [0.2, 0.25) is 0 Å². The molecule has 1 aromatic heterocycles. The van der Waals surface area contributed by atoms with Crippen molar-refractivity contribution in [2.75, 3.05) is 6.61 Å². The van der Waals surface area contributed by atoms with Crippen LogP contribution in [-0.2, 0) is 11.3 Å². The Morgan fingerprint density at radius 3 is 3.45 bits per heavy atom. The molecule has 0 atom stereocenters. The third-order valence-electron chi connectivity index (χ3n) is 1.78. The van der Waals surface area contributed by atoms with E-state index in [2.05, 4.69) is 16.1 Å². The molecule has 11 heavy (non-hydrogen) atoms. The Bertz CT molecular complexity index is 277. The van der Waals surface area contributed by atoms with Crippen LogP contribution in [-0.4, -0.2) is 16.2 Å². The molecule has 3 nitrogen and oxygen atoms in total. The number of nitrogens with zero attached hydrogens (tertiary/aromatic N) is 2. The molecule has 0 bridgehead atoms. The molecule has 0 fully saturated rings. The Kier molecular flexibility index (Phi) is 1.42. The number of hydrogen-bond acceptors (Lipinski definition) is 2. The van der Waals surface area contributed by atoms with Gasteiger partial charge in [-0.1, -0.05) is 6.58 Å². The summed E-state index contributed by atoms with van der Waals surface area (Å²) in [6.07, 6.45) is 4.76. The highest BCUT2D eigenvalue weighted by molar-refractivity contribution is 5.50. The van der Waals surface area contributed by atoms with Gasteiger partial charge in [0.1, 0.15) is 0 Å². The Labute approximate surface area is 65.3 Å². The topological polar surface area (TPSA) is 27.1 Å². The molecule has 0 unspecified atom stereocenters. The van der Waals surface area contributed by atoms with Crippen molar-refractivity contribution in [2.24, 2.45) is 0 Å². The van der Waals surface area contributed by atoms with Crippen molar-refractivity contribution in [1.29, 1.82) is 0 Å². The number of rotatable bonds is 0. The molecule has 58 valence electrons. The molecule has 0 saturated heterocycles. The number of aromatic nitrogens is 2. The summed E-state index contributed by atoms with van der Waals surface area (Å²) >= 11 is 0. The minimum Gasteiger partial charge on any atom is -0.490 e. The second kappa shape index (κ2) is 2.42. The molecule has 0 spiro atoms. The predicted octanol–water partition coefficient (Wildman–Crippen LogP) is 1.27. The van der Waals surface area contributed by atoms with E-state index in [4.69, 9.17) is 4.74 Å². The first-order valence-corrected chi connectivity index (χ1v) is 3.71. The summed E-state index contributed by atoms with van der Waals surface area (Å²) in [7, 11) is 0. The highest BCUT2D eigenvalue weighted by atomic mass is 16.5. The van der Waals surface area contributed by atoms with E-state index in [1.807, 2.05) is 6.20 Å². The Morgan fingerprint density at radius 1 is 1.64 bits per heavy atom. The first-order valence-electron chi connectivity index (χ1n) is 3.71. The van der Waals surface area contributed by atoms with Gasteiger partial charge in [0.05, 0.1) is 6.61 Å². The van der Waals surface area contributed by atoms with Crippen molar-refractivity contribution in [3.8, 4) is 0 Å². The normalized spacial score (nSPS) is 16.9. The fourth-order valence-corrected chi connectivity index (χ4v) is 1.24. The molecule has 0 N–H and O–H groups in total. The SMILES string of the molecule is C=C1OCCCn2ccnc21. The van der Waals surface area contributed by atoms with Crippen LogP contribution < -0.4 is 0 Å². The Balaban J connectivity index is 2.41. The van der Waals surface area contributed by atoms with Crippen LogP contribution in [0.3, 0.4) is 0 Å². The summed E-state index contributed by atoms with van der Waals surface area (Å²) in [5, 5.41) is 0. The van der Waals surface area contributed by atoms with Gasteiger partial charge in [0, 0.05) is 18.9 Å². The van der Waals surface area contributed by atoms with Crippen LogP contribution >= 0.6 is 0 Å². The number of imidazole rings is 1. The van der Waals surface area contributed by atoms with Gasteiger partial charge in [-0.15, -0.1) is 0 Å². The molecule has 0 aliphatic carbocycles.